The van der Waals surface area contributed by atoms with Gasteiger partial charge in [-0.1, -0.05) is 19.3 Å². The van der Waals surface area contributed by atoms with E-state index >= 15 is 0 Å². The van der Waals surface area contributed by atoms with Crippen molar-refractivity contribution in [3.63, 3.8) is 0 Å². The number of hydrogen-bond donors (Lipinski definition) is 1. The van der Waals surface area contributed by atoms with E-state index in [1.807, 2.05) is 0 Å². The second kappa shape index (κ2) is 9.81. The highest BCUT2D eigenvalue weighted by atomic mass is 127. The maximum absolute atomic E-state index is 11.8. The largest absolute Gasteiger partial charge is 0.381 e. The molecule has 0 radical (unpaired) electrons. The lowest BCUT2D eigenvalue weighted by Gasteiger charge is -2.34. The number of nitrogens with one attached hydrogen (secondary N) is 1. The molecule has 0 bridgehead atoms. The van der Waals surface area contributed by atoms with E-state index in [1.54, 1.807) is 0 Å². The third-order valence-electron chi connectivity index (χ3n) is 7.03. The van der Waals surface area contributed by atoms with Crippen LogP contribution in [-0.2, 0) is 14.6 Å². The van der Waals surface area contributed by atoms with Gasteiger partial charge in [0.25, 0.3) is 0 Å². The number of ether oxygens (including phenoxy) is 1. The molecule has 1 N–H and O–H groups in total. The highest BCUT2D eigenvalue weighted by Crippen LogP contribution is 2.43. The van der Waals surface area contributed by atoms with Crippen molar-refractivity contribution < 1.29 is 13.2 Å². The summed E-state index contributed by atoms with van der Waals surface area (Å²) < 4.78 is 29.0. The molecule has 1 aliphatic carbocycles. The van der Waals surface area contributed by atoms with Gasteiger partial charge in [0.15, 0.2) is 15.8 Å². The maximum Gasteiger partial charge on any atom is 0.194 e. The molecule has 6 nitrogen and oxygen atoms in total. The Labute approximate surface area is 187 Å². The van der Waals surface area contributed by atoms with Crippen LogP contribution >= 0.6 is 24.0 Å². The van der Waals surface area contributed by atoms with Gasteiger partial charge in [0.05, 0.1) is 11.5 Å². The third-order valence-corrected chi connectivity index (χ3v) is 8.87. The predicted octanol–water partition coefficient (Wildman–Crippen LogP) is 2.82. The number of guanidine groups is 1. The van der Waals surface area contributed by atoms with E-state index < -0.39 is 9.84 Å². The molecule has 0 aromatic carbocycles. The van der Waals surface area contributed by atoms with Gasteiger partial charge < -0.3 is 15.0 Å². The molecule has 4 aliphatic rings. The molecule has 0 aromatic rings. The highest BCUT2D eigenvalue weighted by molar-refractivity contribution is 14.0. The summed E-state index contributed by atoms with van der Waals surface area (Å²) in [4.78, 5) is 7.41. The molecule has 1 spiro atoms. The van der Waals surface area contributed by atoms with Crippen LogP contribution < -0.4 is 5.32 Å². The molecule has 0 aromatic heterocycles. The predicted molar refractivity (Wildman–Crippen MR) is 123 cm³/mol. The molecule has 3 heterocycles. The van der Waals surface area contributed by atoms with Gasteiger partial charge in [-0.25, -0.2) is 8.42 Å². The minimum Gasteiger partial charge on any atom is -0.381 e. The Morgan fingerprint density at radius 3 is 2.54 bits per heavy atom. The Bertz CT molecular complexity index is 643. The van der Waals surface area contributed by atoms with E-state index in [0.29, 0.717) is 29.5 Å². The first-order valence-corrected chi connectivity index (χ1v) is 12.7. The van der Waals surface area contributed by atoms with Gasteiger partial charge in [0, 0.05) is 38.9 Å². The van der Waals surface area contributed by atoms with Gasteiger partial charge in [-0.15, -0.1) is 24.0 Å². The van der Waals surface area contributed by atoms with Crippen molar-refractivity contribution >= 4 is 39.8 Å². The molecule has 4 rings (SSSR count). The number of nitrogens with zero attached hydrogens (tertiary/aromatic N) is 2. The Hall–Kier alpha value is -0.0900. The van der Waals surface area contributed by atoms with E-state index in [9.17, 15) is 8.42 Å². The smallest absolute Gasteiger partial charge is 0.194 e. The van der Waals surface area contributed by atoms with Crippen molar-refractivity contribution in [1.29, 1.82) is 0 Å². The first-order valence-electron chi connectivity index (χ1n) is 10.9. The zero-order valence-electron chi connectivity index (χ0n) is 16.9. The van der Waals surface area contributed by atoms with E-state index in [2.05, 4.69) is 10.2 Å². The van der Waals surface area contributed by atoms with E-state index in [1.165, 1.54) is 38.5 Å². The zero-order valence-corrected chi connectivity index (χ0v) is 20.1. The van der Waals surface area contributed by atoms with Crippen LogP contribution in [0.1, 0.15) is 57.8 Å². The molecule has 8 heteroatoms. The molecular weight excluding hydrogens is 489 g/mol. The normalized spacial score (nSPS) is 30.4. The Balaban J connectivity index is 0.00000225. The van der Waals surface area contributed by atoms with Gasteiger partial charge in [-0.3, -0.25) is 4.99 Å². The summed E-state index contributed by atoms with van der Waals surface area (Å²) in [6.45, 7) is 4.46. The molecular formula is C20H36IN3O3S. The molecule has 162 valence electrons. The summed E-state index contributed by atoms with van der Waals surface area (Å²) in [5.41, 5.74) is 0.493. The number of sulfone groups is 1. The zero-order chi connectivity index (χ0) is 18.7. The van der Waals surface area contributed by atoms with Gasteiger partial charge in [-0.2, -0.15) is 0 Å². The van der Waals surface area contributed by atoms with Crippen LogP contribution in [0.2, 0.25) is 0 Å². The molecule has 28 heavy (non-hydrogen) atoms. The fourth-order valence-corrected chi connectivity index (χ4v) is 7.17. The van der Waals surface area contributed by atoms with E-state index in [-0.39, 0.29) is 29.9 Å². The number of halogens is 1. The Morgan fingerprint density at radius 2 is 1.86 bits per heavy atom. The molecule has 1 unspecified atom stereocenters. The van der Waals surface area contributed by atoms with Gasteiger partial charge in [0.1, 0.15) is 0 Å². The van der Waals surface area contributed by atoms with Gasteiger partial charge in [0.2, 0.25) is 0 Å². The topological polar surface area (TPSA) is 71.0 Å². The second-order valence-electron chi connectivity index (χ2n) is 9.20. The minimum atomic E-state index is -2.83. The van der Waals surface area contributed by atoms with E-state index in [4.69, 9.17) is 9.73 Å². The molecule has 1 saturated carbocycles. The Kier molecular flexibility index (Phi) is 7.92. The van der Waals surface area contributed by atoms with Crippen LogP contribution in [0, 0.1) is 11.3 Å². The fourth-order valence-electron chi connectivity index (χ4n) is 5.32. The summed E-state index contributed by atoms with van der Waals surface area (Å²) in [7, 11) is -2.83. The summed E-state index contributed by atoms with van der Waals surface area (Å²) in [6, 6.07) is 0.424. The standard InChI is InChI=1S/C20H35N3O3S.HI/c24-27(25)13-6-17(15-27)14-21-19(22-18-4-11-26-12-5-18)23-10-9-20(16-23)7-2-1-3-8-20;/h17-18H,1-16H2,(H,21,22);1H. The summed E-state index contributed by atoms with van der Waals surface area (Å²) >= 11 is 0. The third kappa shape index (κ3) is 5.74. The average molecular weight is 525 g/mol. The Morgan fingerprint density at radius 1 is 1.11 bits per heavy atom. The number of hydrogen-bond acceptors (Lipinski definition) is 4. The summed E-state index contributed by atoms with van der Waals surface area (Å²) in [5.74, 6) is 1.86. The number of aliphatic imine (C=N–C) groups is 1. The van der Waals surface area contributed by atoms with Gasteiger partial charge >= 0.3 is 0 Å². The van der Waals surface area contributed by atoms with E-state index in [0.717, 1.165) is 51.5 Å². The summed E-state index contributed by atoms with van der Waals surface area (Å²) in [5, 5.41) is 3.71. The molecule has 0 amide bonds. The quantitative estimate of drug-likeness (QED) is 0.349. The van der Waals surface area contributed by atoms with Crippen LogP contribution in [0.15, 0.2) is 4.99 Å². The molecule has 1 atom stereocenters. The lowest BCUT2D eigenvalue weighted by molar-refractivity contribution is 0.0815. The van der Waals surface area contributed by atoms with Crippen molar-refractivity contribution in [3.8, 4) is 0 Å². The van der Waals surface area contributed by atoms with Crippen LogP contribution in [0.4, 0.5) is 0 Å². The monoisotopic (exact) mass is 525 g/mol. The van der Waals surface area contributed by atoms with Crippen LogP contribution in [0.5, 0.6) is 0 Å². The van der Waals surface area contributed by atoms with Crippen molar-refractivity contribution in [2.75, 3.05) is 44.4 Å². The summed E-state index contributed by atoms with van der Waals surface area (Å²) in [6.07, 6.45) is 10.9. The number of likely N-dealkylation sites (tertiary alicyclic amines) is 1. The minimum absolute atomic E-state index is 0. The van der Waals surface area contributed by atoms with Crippen molar-refractivity contribution in [2.24, 2.45) is 16.3 Å². The first kappa shape index (κ1) is 22.6. The molecule has 3 aliphatic heterocycles. The van der Waals surface area contributed by atoms with Crippen LogP contribution in [-0.4, -0.2) is 69.7 Å². The highest BCUT2D eigenvalue weighted by Gasteiger charge is 2.40. The SMILES string of the molecule is I.O=S1(=O)CCC(CN=C(NC2CCOCC2)N2CCC3(CCCCC3)C2)C1. The molecule has 3 saturated heterocycles. The molecule has 4 fully saturated rings. The lowest BCUT2D eigenvalue weighted by atomic mass is 9.73. The maximum atomic E-state index is 11.8. The second-order valence-corrected chi connectivity index (χ2v) is 11.4. The van der Waals surface area contributed by atoms with Gasteiger partial charge in [-0.05, 0) is 49.9 Å². The van der Waals surface area contributed by atoms with Crippen molar-refractivity contribution in [2.45, 2.75) is 63.8 Å². The van der Waals surface area contributed by atoms with Crippen LogP contribution in [0.25, 0.3) is 0 Å². The van der Waals surface area contributed by atoms with Crippen molar-refractivity contribution in [3.05, 3.63) is 0 Å². The number of rotatable bonds is 3. The average Bonchev–Trinajstić information content (AvgIpc) is 3.23. The van der Waals surface area contributed by atoms with Crippen molar-refractivity contribution in [1.82, 2.24) is 10.2 Å². The van der Waals surface area contributed by atoms with Crippen LogP contribution in [0.3, 0.4) is 0 Å². The fraction of sp³-hybridized carbons (Fsp3) is 0.950. The first-order chi connectivity index (χ1) is 13.0. The lowest BCUT2D eigenvalue weighted by Crippen LogP contribution is -2.48.